The number of benzene rings is 1. The van der Waals surface area contributed by atoms with Gasteiger partial charge in [-0.1, -0.05) is 18.5 Å². The van der Waals surface area contributed by atoms with E-state index in [-0.39, 0.29) is 18.1 Å². The molecule has 1 atom stereocenters. The van der Waals surface area contributed by atoms with Gasteiger partial charge in [-0.25, -0.2) is 0 Å². The van der Waals surface area contributed by atoms with Gasteiger partial charge in [0.15, 0.2) is 18.1 Å². The van der Waals surface area contributed by atoms with E-state index in [1.54, 1.807) is 13.2 Å². The molecule has 28 heavy (non-hydrogen) atoms. The lowest BCUT2D eigenvalue weighted by molar-refractivity contribution is -0.124. The molecule has 0 radical (unpaired) electrons. The zero-order chi connectivity index (χ0) is 20.7. The Kier molecular flexibility index (Phi) is 8.40. The first-order valence-corrected chi connectivity index (χ1v) is 10.4. The molecule has 0 aliphatic carbocycles. The van der Waals surface area contributed by atoms with Crippen LogP contribution in [0.5, 0.6) is 11.5 Å². The van der Waals surface area contributed by atoms with E-state index in [2.05, 4.69) is 22.5 Å². The van der Waals surface area contributed by atoms with Gasteiger partial charge in [0, 0.05) is 35.8 Å². The van der Waals surface area contributed by atoms with Gasteiger partial charge in [0.1, 0.15) is 0 Å². The highest BCUT2D eigenvalue weighted by Crippen LogP contribution is 2.33. The molecule has 1 aromatic rings. The molecule has 7 heteroatoms. The lowest BCUT2D eigenvalue weighted by Crippen LogP contribution is -2.43. The summed E-state index contributed by atoms with van der Waals surface area (Å²) in [5.74, 6) is 0.850. The van der Waals surface area contributed by atoms with Crippen LogP contribution in [0.3, 0.4) is 0 Å². The van der Waals surface area contributed by atoms with Crippen molar-refractivity contribution in [3.05, 3.63) is 22.7 Å². The molecule has 1 aliphatic heterocycles. The minimum Gasteiger partial charge on any atom is -0.493 e. The van der Waals surface area contributed by atoms with Crippen molar-refractivity contribution < 1.29 is 14.3 Å². The average molecular weight is 412 g/mol. The summed E-state index contributed by atoms with van der Waals surface area (Å²) in [5.41, 5.74) is 0.649. The fourth-order valence-electron chi connectivity index (χ4n) is 3.50. The highest BCUT2D eigenvalue weighted by atomic mass is 35.5. The molecule has 1 amide bonds. The molecule has 1 unspecified atom stereocenters. The molecule has 2 N–H and O–H groups in total. The first-order chi connectivity index (χ1) is 13.2. The Balaban J connectivity index is 1.93. The second kappa shape index (κ2) is 10.3. The van der Waals surface area contributed by atoms with Crippen molar-refractivity contribution in [3.63, 3.8) is 0 Å². The number of methoxy groups -OCH3 is 1. The van der Waals surface area contributed by atoms with Crippen molar-refractivity contribution in [2.75, 3.05) is 33.4 Å². The van der Waals surface area contributed by atoms with Gasteiger partial charge in [0.2, 0.25) is 0 Å². The fraction of sp³-hybridized carbons (Fsp3) is 0.667. The smallest absolute Gasteiger partial charge is 0.258 e. The highest BCUT2D eigenvalue weighted by Gasteiger charge is 2.22. The molecular formula is C21H34ClN3O3. The fourth-order valence-corrected chi connectivity index (χ4v) is 3.72. The number of nitrogens with one attached hydrogen (secondary N) is 2. The van der Waals surface area contributed by atoms with Crippen LogP contribution in [0.4, 0.5) is 0 Å². The van der Waals surface area contributed by atoms with Crippen LogP contribution in [0, 0.1) is 0 Å². The molecule has 0 bridgehead atoms. The molecule has 6 nitrogen and oxygen atoms in total. The molecule has 2 rings (SSSR count). The molecule has 0 saturated carbocycles. The van der Waals surface area contributed by atoms with Crippen LogP contribution < -0.4 is 20.1 Å². The first kappa shape index (κ1) is 22.8. The van der Waals surface area contributed by atoms with Crippen LogP contribution in [0.1, 0.15) is 46.1 Å². The zero-order valence-corrected chi connectivity index (χ0v) is 18.5. The summed E-state index contributed by atoms with van der Waals surface area (Å²) < 4.78 is 11.1. The van der Waals surface area contributed by atoms with Gasteiger partial charge in [-0.05, 0) is 58.3 Å². The SMILES string of the molecule is CCN1CCCC1CNCc1cc(OC)c(OCC(=O)NC(C)(C)C)cc1Cl. The normalized spacial score (nSPS) is 17.6. The number of likely N-dealkylation sites (N-methyl/N-ethyl adjacent to an activating group) is 1. The summed E-state index contributed by atoms with van der Waals surface area (Å²) in [6, 6.07) is 4.18. The van der Waals surface area contributed by atoms with E-state index in [0.717, 1.165) is 18.7 Å². The molecule has 1 heterocycles. The molecule has 0 spiro atoms. The van der Waals surface area contributed by atoms with Crippen molar-refractivity contribution in [2.24, 2.45) is 0 Å². The molecule has 1 fully saturated rings. The number of amides is 1. The van der Waals surface area contributed by atoms with E-state index in [0.29, 0.717) is 29.1 Å². The van der Waals surface area contributed by atoms with Crippen LogP contribution in [-0.2, 0) is 11.3 Å². The average Bonchev–Trinajstić information content (AvgIpc) is 3.07. The van der Waals surface area contributed by atoms with Crippen molar-refractivity contribution in [2.45, 2.75) is 58.7 Å². The van der Waals surface area contributed by atoms with Crippen LogP contribution in [0.25, 0.3) is 0 Å². The maximum absolute atomic E-state index is 12.0. The molecule has 1 saturated heterocycles. The van der Waals surface area contributed by atoms with Gasteiger partial charge < -0.3 is 20.1 Å². The van der Waals surface area contributed by atoms with Crippen LogP contribution in [-0.4, -0.2) is 55.7 Å². The van der Waals surface area contributed by atoms with Crippen LogP contribution in [0.2, 0.25) is 5.02 Å². The third kappa shape index (κ3) is 6.83. The number of ether oxygens (including phenoxy) is 2. The number of halogens is 1. The summed E-state index contributed by atoms with van der Waals surface area (Å²) in [4.78, 5) is 14.5. The second-order valence-corrected chi connectivity index (χ2v) is 8.64. The summed E-state index contributed by atoms with van der Waals surface area (Å²) >= 11 is 6.44. The predicted octanol–water partition coefficient (Wildman–Crippen LogP) is 3.22. The highest BCUT2D eigenvalue weighted by molar-refractivity contribution is 6.31. The van der Waals surface area contributed by atoms with Gasteiger partial charge in [-0.2, -0.15) is 0 Å². The number of carbonyl (C=O) groups is 1. The Hall–Kier alpha value is -1.50. The predicted molar refractivity (Wildman–Crippen MR) is 113 cm³/mol. The Bertz CT molecular complexity index is 661. The number of hydrogen-bond donors (Lipinski definition) is 2. The summed E-state index contributed by atoms with van der Waals surface area (Å²) in [6.07, 6.45) is 2.50. The standard InChI is InChI=1S/C21H34ClN3O3/c1-6-25-9-7-8-16(25)13-23-12-15-10-18(27-5)19(11-17(15)22)28-14-20(26)24-21(2,3)4/h10-11,16,23H,6-9,12-14H2,1-5H3,(H,24,26). The van der Waals surface area contributed by atoms with Crippen molar-refractivity contribution >= 4 is 17.5 Å². The van der Waals surface area contributed by atoms with Crippen LogP contribution >= 0.6 is 11.6 Å². The minimum atomic E-state index is -0.301. The summed E-state index contributed by atoms with van der Waals surface area (Å²) in [7, 11) is 1.58. The Morgan fingerprint density at radius 3 is 2.71 bits per heavy atom. The number of hydrogen-bond acceptors (Lipinski definition) is 5. The van der Waals surface area contributed by atoms with Gasteiger partial charge in [0.05, 0.1) is 7.11 Å². The summed E-state index contributed by atoms with van der Waals surface area (Å²) in [6.45, 7) is 11.8. The monoisotopic (exact) mass is 411 g/mol. The Morgan fingerprint density at radius 2 is 2.07 bits per heavy atom. The number of carbonyl (C=O) groups excluding carboxylic acids is 1. The summed E-state index contributed by atoms with van der Waals surface area (Å²) in [5, 5.41) is 6.97. The molecule has 1 aliphatic rings. The van der Waals surface area contributed by atoms with Crippen molar-refractivity contribution in [3.8, 4) is 11.5 Å². The molecule has 158 valence electrons. The lowest BCUT2D eigenvalue weighted by Gasteiger charge is -2.23. The van der Waals surface area contributed by atoms with Gasteiger partial charge in [-0.3, -0.25) is 9.69 Å². The number of likely N-dealkylation sites (tertiary alicyclic amines) is 1. The van der Waals surface area contributed by atoms with E-state index in [4.69, 9.17) is 21.1 Å². The second-order valence-electron chi connectivity index (χ2n) is 8.24. The van der Waals surface area contributed by atoms with E-state index >= 15 is 0 Å². The van der Waals surface area contributed by atoms with Crippen molar-refractivity contribution in [1.82, 2.24) is 15.5 Å². The minimum absolute atomic E-state index is 0.0872. The molecular weight excluding hydrogens is 378 g/mol. The van der Waals surface area contributed by atoms with Gasteiger partial charge in [0.25, 0.3) is 5.91 Å². The topological polar surface area (TPSA) is 62.8 Å². The molecule has 0 aromatic heterocycles. The Labute approximate surface area is 173 Å². The third-order valence-electron chi connectivity index (χ3n) is 4.81. The number of nitrogens with zero attached hydrogens (tertiary/aromatic N) is 1. The van der Waals surface area contributed by atoms with Crippen LogP contribution in [0.15, 0.2) is 12.1 Å². The zero-order valence-electron chi connectivity index (χ0n) is 17.7. The van der Waals surface area contributed by atoms with E-state index in [9.17, 15) is 4.79 Å². The van der Waals surface area contributed by atoms with Crippen molar-refractivity contribution in [1.29, 1.82) is 0 Å². The Morgan fingerprint density at radius 1 is 1.32 bits per heavy atom. The van der Waals surface area contributed by atoms with E-state index in [1.165, 1.54) is 19.4 Å². The van der Waals surface area contributed by atoms with Gasteiger partial charge in [-0.15, -0.1) is 0 Å². The quantitative estimate of drug-likeness (QED) is 0.653. The first-order valence-electron chi connectivity index (χ1n) is 9.98. The third-order valence-corrected chi connectivity index (χ3v) is 5.16. The van der Waals surface area contributed by atoms with Gasteiger partial charge >= 0.3 is 0 Å². The number of rotatable bonds is 9. The molecule has 1 aromatic carbocycles. The lowest BCUT2D eigenvalue weighted by atomic mass is 10.1. The largest absolute Gasteiger partial charge is 0.493 e. The maximum Gasteiger partial charge on any atom is 0.258 e. The van der Waals surface area contributed by atoms with E-state index < -0.39 is 0 Å². The maximum atomic E-state index is 12.0. The van der Waals surface area contributed by atoms with E-state index in [1.807, 2.05) is 26.8 Å².